The topological polar surface area (TPSA) is 126 Å². The molecule has 9 nitrogen and oxygen atoms in total. The minimum Gasteiger partial charge on any atom is -0.857 e. The molecule has 3 aromatic rings. The van der Waals surface area contributed by atoms with Gasteiger partial charge in [-0.25, -0.2) is 9.18 Å². The number of halogens is 3. The maximum Gasteiger partial charge on any atom is 0.349 e. The van der Waals surface area contributed by atoms with Crippen molar-refractivity contribution in [1.29, 1.82) is 0 Å². The molecule has 3 rings (SSSR count). The van der Waals surface area contributed by atoms with Crippen molar-refractivity contribution in [2.75, 3.05) is 0 Å². The maximum absolute atomic E-state index is 12.9. The van der Waals surface area contributed by atoms with E-state index in [1.807, 2.05) is 18.8 Å². The predicted molar refractivity (Wildman–Crippen MR) is 101 cm³/mol. The molecule has 0 unspecified atom stereocenters. The summed E-state index contributed by atoms with van der Waals surface area (Å²) in [5.41, 5.74) is -1.82. The molecule has 12 heteroatoms. The largest absolute Gasteiger partial charge is 0.857 e. The molecule has 0 amide bonds. The van der Waals surface area contributed by atoms with Crippen LogP contribution in [0.2, 0.25) is 10.0 Å². The van der Waals surface area contributed by atoms with Crippen LogP contribution in [0.1, 0.15) is 31.0 Å². The minimum atomic E-state index is -1.16. The van der Waals surface area contributed by atoms with E-state index in [-0.39, 0.29) is 33.3 Å². The first-order valence-corrected chi connectivity index (χ1v) is 8.97. The van der Waals surface area contributed by atoms with Gasteiger partial charge in [-0.2, -0.15) is 14.9 Å². The van der Waals surface area contributed by atoms with Gasteiger partial charge >= 0.3 is 5.69 Å². The molecule has 0 radical (unpaired) electrons. The Kier molecular flexibility index (Phi) is 5.85. The predicted octanol–water partition coefficient (Wildman–Crippen LogP) is 2.48. The second kappa shape index (κ2) is 8.18. The highest BCUT2D eigenvalue weighted by molar-refractivity contribution is 6.37. The average molecular weight is 441 g/mol. The van der Waals surface area contributed by atoms with Gasteiger partial charge in [0.1, 0.15) is 6.67 Å². The second-order valence-corrected chi connectivity index (χ2v) is 7.00. The molecule has 0 spiro atoms. The van der Waals surface area contributed by atoms with E-state index in [4.69, 9.17) is 27.9 Å². The molecular formula is C17H13Cl2FN5O4-. The van der Waals surface area contributed by atoms with E-state index < -0.39 is 29.5 Å². The van der Waals surface area contributed by atoms with Crippen molar-refractivity contribution in [2.45, 2.75) is 26.4 Å². The molecule has 0 atom stereocenters. The van der Waals surface area contributed by atoms with E-state index in [9.17, 15) is 19.1 Å². The van der Waals surface area contributed by atoms with Crippen LogP contribution in [0.25, 0.3) is 5.69 Å². The molecule has 1 aromatic carbocycles. The number of benzene rings is 1. The average Bonchev–Trinajstić information content (AvgIpc) is 2.65. The molecule has 1 N–H and O–H groups in total. The summed E-state index contributed by atoms with van der Waals surface area (Å²) >= 11 is 12.4. The molecule has 0 aliphatic carbocycles. The summed E-state index contributed by atoms with van der Waals surface area (Å²) in [5, 5.41) is 22.6. The number of aromatic nitrogens is 5. The highest BCUT2D eigenvalue weighted by Gasteiger charge is 2.16. The Hall–Kier alpha value is -2.98. The van der Waals surface area contributed by atoms with Crippen molar-refractivity contribution in [1.82, 2.24) is 25.0 Å². The fourth-order valence-corrected chi connectivity index (χ4v) is 2.96. The molecule has 2 heterocycles. The van der Waals surface area contributed by atoms with E-state index in [1.54, 1.807) is 0 Å². The van der Waals surface area contributed by atoms with E-state index in [2.05, 4.69) is 15.3 Å². The Morgan fingerprint density at radius 1 is 1.21 bits per heavy atom. The Balaban J connectivity index is 2.02. The summed E-state index contributed by atoms with van der Waals surface area (Å²) in [6, 6.07) is 4.01. The van der Waals surface area contributed by atoms with Gasteiger partial charge in [0, 0.05) is 11.9 Å². The fraction of sp³-hybridized carbons (Fsp3) is 0.235. The molecule has 0 aliphatic rings. The normalized spacial score (nSPS) is 11.1. The van der Waals surface area contributed by atoms with Crippen LogP contribution in [0.15, 0.2) is 27.8 Å². The van der Waals surface area contributed by atoms with Crippen molar-refractivity contribution in [3.05, 3.63) is 60.3 Å². The van der Waals surface area contributed by atoms with Crippen molar-refractivity contribution in [3.63, 3.8) is 0 Å². The Labute approximate surface area is 172 Å². The lowest BCUT2D eigenvalue weighted by molar-refractivity contribution is -0.277. The standard InChI is InChI=1S/C17H14Cl2FN5O4/c1-7(2)9-5-13(22-23-15(9)26)29-14-10(18)3-8(4-11(14)19)25-17(28)21-16(27)12(6-20)24-25/h3-5,7H,6H2,1-2H3,(H,23,26)(H,21,27,28)/p-1. The van der Waals surface area contributed by atoms with Crippen LogP contribution in [-0.2, 0) is 6.67 Å². The summed E-state index contributed by atoms with van der Waals surface area (Å²) < 4.78 is 19.2. The first kappa shape index (κ1) is 20.7. The molecule has 0 aliphatic heterocycles. The van der Waals surface area contributed by atoms with Gasteiger partial charge in [-0.05, 0) is 23.6 Å². The molecule has 0 bridgehead atoms. The Morgan fingerprint density at radius 2 is 1.86 bits per heavy atom. The number of ether oxygens (including phenoxy) is 1. The molecular weight excluding hydrogens is 428 g/mol. The zero-order valence-electron chi connectivity index (χ0n) is 15.1. The Morgan fingerprint density at radius 3 is 2.45 bits per heavy atom. The highest BCUT2D eigenvalue weighted by atomic mass is 35.5. The van der Waals surface area contributed by atoms with Gasteiger partial charge in [0.05, 0.1) is 15.7 Å². The van der Waals surface area contributed by atoms with Crippen LogP contribution < -0.4 is 21.1 Å². The SMILES string of the molecule is CC(C)c1cc(Oc2c(Cl)cc(-n3nc(CF)c(=O)[nH]c3=O)cc2Cl)nnc1[O-]. The number of nitrogens with one attached hydrogen (secondary N) is 1. The number of alkyl halides is 1. The molecule has 29 heavy (non-hydrogen) atoms. The second-order valence-electron chi connectivity index (χ2n) is 6.19. The van der Waals surface area contributed by atoms with Gasteiger partial charge in [0.2, 0.25) is 5.88 Å². The number of hydrogen-bond acceptors (Lipinski definition) is 7. The lowest BCUT2D eigenvalue weighted by atomic mass is 10.1. The zero-order chi connectivity index (χ0) is 21.3. The van der Waals surface area contributed by atoms with Gasteiger partial charge in [0.15, 0.2) is 11.4 Å². The molecule has 0 fully saturated rings. The molecule has 2 aromatic heterocycles. The van der Waals surface area contributed by atoms with Crippen LogP contribution >= 0.6 is 23.2 Å². The highest BCUT2D eigenvalue weighted by Crippen LogP contribution is 2.38. The minimum absolute atomic E-state index is 0.00271. The van der Waals surface area contributed by atoms with Crippen LogP contribution in [0.4, 0.5) is 4.39 Å². The van der Waals surface area contributed by atoms with Gasteiger partial charge in [-0.1, -0.05) is 37.0 Å². The number of rotatable bonds is 5. The van der Waals surface area contributed by atoms with Crippen LogP contribution in [-0.4, -0.2) is 25.0 Å². The van der Waals surface area contributed by atoms with Gasteiger partial charge in [0.25, 0.3) is 5.56 Å². The van der Waals surface area contributed by atoms with E-state index in [1.165, 1.54) is 18.2 Å². The van der Waals surface area contributed by atoms with Gasteiger partial charge in [-0.3, -0.25) is 9.78 Å². The van der Waals surface area contributed by atoms with Crippen molar-refractivity contribution in [2.24, 2.45) is 0 Å². The molecule has 152 valence electrons. The Bertz CT molecular complexity index is 1170. The van der Waals surface area contributed by atoms with E-state index in [0.29, 0.717) is 5.56 Å². The lowest BCUT2D eigenvalue weighted by Crippen LogP contribution is -2.33. The summed E-state index contributed by atoms with van der Waals surface area (Å²) in [6.45, 7) is 2.47. The first-order valence-electron chi connectivity index (χ1n) is 8.21. The zero-order valence-corrected chi connectivity index (χ0v) is 16.6. The number of H-pyrrole nitrogens is 1. The number of hydrogen-bond donors (Lipinski definition) is 1. The van der Waals surface area contributed by atoms with Crippen molar-refractivity contribution >= 4 is 23.2 Å². The van der Waals surface area contributed by atoms with Gasteiger partial charge < -0.3 is 9.84 Å². The van der Waals surface area contributed by atoms with Crippen molar-refractivity contribution < 1.29 is 14.2 Å². The number of aromatic amines is 1. The van der Waals surface area contributed by atoms with Crippen molar-refractivity contribution in [3.8, 4) is 23.2 Å². The van der Waals surface area contributed by atoms with E-state index in [0.717, 1.165) is 4.68 Å². The van der Waals surface area contributed by atoms with E-state index >= 15 is 0 Å². The fourth-order valence-electron chi connectivity index (χ4n) is 2.41. The quantitative estimate of drug-likeness (QED) is 0.645. The third kappa shape index (κ3) is 4.22. The van der Waals surface area contributed by atoms with Crippen LogP contribution in [0, 0.1) is 0 Å². The smallest absolute Gasteiger partial charge is 0.349 e. The molecule has 0 saturated heterocycles. The summed E-state index contributed by atoms with van der Waals surface area (Å²) in [4.78, 5) is 25.4. The van der Waals surface area contributed by atoms with Crippen LogP contribution in [0.5, 0.6) is 17.5 Å². The maximum atomic E-state index is 12.9. The lowest BCUT2D eigenvalue weighted by Gasteiger charge is -2.16. The summed E-state index contributed by atoms with van der Waals surface area (Å²) in [6.07, 6.45) is 0. The summed E-state index contributed by atoms with van der Waals surface area (Å²) in [7, 11) is 0. The van der Waals surface area contributed by atoms with Gasteiger partial charge in [-0.15, -0.1) is 5.10 Å². The molecule has 0 saturated carbocycles. The third-order valence-electron chi connectivity index (χ3n) is 3.84. The number of nitrogens with zero attached hydrogens (tertiary/aromatic N) is 4. The summed E-state index contributed by atoms with van der Waals surface area (Å²) in [5.74, 6) is -0.560. The van der Waals surface area contributed by atoms with Crippen LogP contribution in [0.3, 0.4) is 0 Å². The third-order valence-corrected chi connectivity index (χ3v) is 4.41. The monoisotopic (exact) mass is 440 g/mol. The first-order chi connectivity index (χ1) is 13.7.